The van der Waals surface area contributed by atoms with Gasteiger partial charge in [-0.05, 0) is 38.7 Å². The average molecular weight is 491 g/mol. The summed E-state index contributed by atoms with van der Waals surface area (Å²) in [6.45, 7) is 9.40. The van der Waals surface area contributed by atoms with Crippen LogP contribution < -0.4 is 10.6 Å². The molecule has 35 heavy (non-hydrogen) atoms. The Morgan fingerprint density at radius 3 is 2.51 bits per heavy atom. The monoisotopic (exact) mass is 490 g/mol. The summed E-state index contributed by atoms with van der Waals surface area (Å²) in [7, 11) is 3.71. The Hall–Kier alpha value is -3.46. The van der Waals surface area contributed by atoms with Gasteiger partial charge >= 0.3 is 6.18 Å². The van der Waals surface area contributed by atoms with Crippen LogP contribution in [0.5, 0.6) is 0 Å². The van der Waals surface area contributed by atoms with E-state index >= 15 is 0 Å². The molecule has 5 nitrogen and oxygen atoms in total. The van der Waals surface area contributed by atoms with Crippen LogP contribution in [0.4, 0.5) is 23.2 Å². The summed E-state index contributed by atoms with van der Waals surface area (Å²) >= 11 is 0. The highest BCUT2D eigenvalue weighted by molar-refractivity contribution is 6.01. The molecule has 2 rings (SSSR count). The number of halogens is 4. The molecule has 1 amide bonds. The third kappa shape index (κ3) is 7.78. The first-order chi connectivity index (χ1) is 16.5. The number of carbonyl (C=O) groups is 1. The van der Waals surface area contributed by atoms with Crippen molar-refractivity contribution in [1.82, 2.24) is 15.2 Å². The minimum atomic E-state index is -4.68. The predicted octanol–water partition coefficient (Wildman–Crippen LogP) is 6.08. The van der Waals surface area contributed by atoms with Crippen LogP contribution in [-0.2, 0) is 4.79 Å². The largest absolute Gasteiger partial charge is 0.417 e. The van der Waals surface area contributed by atoms with Crippen molar-refractivity contribution in [1.29, 1.82) is 0 Å². The van der Waals surface area contributed by atoms with Crippen molar-refractivity contribution < 1.29 is 22.4 Å². The first-order valence-electron chi connectivity index (χ1n) is 11.0. The Morgan fingerprint density at radius 2 is 1.91 bits per heavy atom. The maximum atomic E-state index is 13.5. The van der Waals surface area contributed by atoms with E-state index in [1.807, 2.05) is 19.0 Å². The number of hydrogen-bond acceptors (Lipinski definition) is 4. The van der Waals surface area contributed by atoms with Gasteiger partial charge in [0, 0.05) is 47.2 Å². The second-order valence-electron chi connectivity index (χ2n) is 8.15. The van der Waals surface area contributed by atoms with Crippen molar-refractivity contribution in [2.45, 2.75) is 25.9 Å². The van der Waals surface area contributed by atoms with Gasteiger partial charge in [0.05, 0.1) is 17.0 Å². The molecule has 0 saturated carbocycles. The zero-order valence-electron chi connectivity index (χ0n) is 20.1. The molecule has 0 saturated heterocycles. The molecular formula is C26H30F4N4O. The molecule has 0 atom stereocenters. The number of allylic oxidation sites excluding steroid dienone is 1. The van der Waals surface area contributed by atoms with Gasteiger partial charge in [-0.3, -0.25) is 4.79 Å². The SMILES string of the molecule is C=C(CC)C(=O)NC/C=C/c1cc2c(N/C(=C\F)CCN(C)C)cccc2c(C(=C)C(F)(F)F)n1. The summed E-state index contributed by atoms with van der Waals surface area (Å²) in [5, 5.41) is 6.30. The molecule has 2 N–H and O–H groups in total. The number of fused-ring (bicyclic) bond motifs is 1. The lowest BCUT2D eigenvalue weighted by molar-refractivity contribution is -0.117. The van der Waals surface area contributed by atoms with Crippen LogP contribution in [0.25, 0.3) is 22.4 Å². The fourth-order valence-corrected chi connectivity index (χ4v) is 3.13. The second-order valence-corrected chi connectivity index (χ2v) is 8.15. The van der Waals surface area contributed by atoms with Crippen LogP contribution in [0.1, 0.15) is 31.2 Å². The smallest absolute Gasteiger partial charge is 0.356 e. The molecular weight excluding hydrogens is 460 g/mol. The molecule has 9 heteroatoms. The van der Waals surface area contributed by atoms with Crippen LogP contribution in [-0.4, -0.2) is 49.2 Å². The number of alkyl halides is 3. The van der Waals surface area contributed by atoms with Crippen molar-refractivity contribution >= 4 is 34.0 Å². The number of aromatic nitrogens is 1. The molecule has 0 spiro atoms. The fraction of sp³-hybridized carbons (Fsp3) is 0.308. The Balaban J connectivity index is 2.49. The van der Waals surface area contributed by atoms with Gasteiger partial charge in [0.15, 0.2) is 0 Å². The first-order valence-corrected chi connectivity index (χ1v) is 11.0. The van der Waals surface area contributed by atoms with Gasteiger partial charge < -0.3 is 15.5 Å². The summed E-state index contributed by atoms with van der Waals surface area (Å²) in [5.74, 6) is -0.301. The van der Waals surface area contributed by atoms with Gasteiger partial charge in [0.25, 0.3) is 0 Å². The molecule has 0 bridgehead atoms. The minimum absolute atomic E-state index is 0.145. The Morgan fingerprint density at radius 1 is 1.20 bits per heavy atom. The molecule has 188 valence electrons. The Bertz CT molecular complexity index is 1150. The average Bonchev–Trinajstić information content (AvgIpc) is 2.82. The van der Waals surface area contributed by atoms with Gasteiger partial charge in [0.1, 0.15) is 6.33 Å². The van der Waals surface area contributed by atoms with Crippen molar-refractivity contribution in [3.05, 3.63) is 72.5 Å². The van der Waals surface area contributed by atoms with E-state index in [1.165, 1.54) is 12.1 Å². The van der Waals surface area contributed by atoms with E-state index in [0.29, 0.717) is 42.4 Å². The van der Waals surface area contributed by atoms with E-state index in [9.17, 15) is 22.4 Å². The summed E-state index contributed by atoms with van der Waals surface area (Å²) in [4.78, 5) is 17.9. The highest BCUT2D eigenvalue weighted by Gasteiger charge is 2.35. The minimum Gasteiger partial charge on any atom is -0.356 e. The van der Waals surface area contributed by atoms with E-state index in [1.54, 1.807) is 31.2 Å². The maximum absolute atomic E-state index is 13.5. The lowest BCUT2D eigenvalue weighted by atomic mass is 10.0. The maximum Gasteiger partial charge on any atom is 0.417 e. The number of carbonyl (C=O) groups excluding carboxylic acids is 1. The Kier molecular flexibility index (Phi) is 9.77. The van der Waals surface area contributed by atoms with Crippen molar-refractivity contribution in [3.63, 3.8) is 0 Å². The number of anilines is 1. The molecule has 1 heterocycles. The van der Waals surface area contributed by atoms with Gasteiger partial charge in [-0.1, -0.05) is 38.3 Å². The highest BCUT2D eigenvalue weighted by Crippen LogP contribution is 2.37. The van der Waals surface area contributed by atoms with Crippen molar-refractivity contribution in [2.75, 3.05) is 32.5 Å². The van der Waals surface area contributed by atoms with Gasteiger partial charge in [-0.25, -0.2) is 9.37 Å². The van der Waals surface area contributed by atoms with E-state index in [-0.39, 0.29) is 34.9 Å². The third-order valence-corrected chi connectivity index (χ3v) is 5.19. The number of rotatable bonds is 11. The standard InChI is InChI=1S/C26H30F4N4O/c1-6-17(2)25(35)31-13-8-9-19-15-22-21(24(33-19)18(3)26(28,29)30)10-7-11-23(22)32-20(16-27)12-14-34(4)5/h7-11,15-16,32H,2-3,6,12-14H2,1,4-5H3,(H,31,35)/b9-8+,20-16-. The molecule has 1 aromatic carbocycles. The predicted molar refractivity (Wildman–Crippen MR) is 134 cm³/mol. The van der Waals surface area contributed by atoms with Crippen LogP contribution in [0.2, 0.25) is 0 Å². The van der Waals surface area contributed by atoms with Crippen molar-refractivity contribution in [3.8, 4) is 0 Å². The highest BCUT2D eigenvalue weighted by atomic mass is 19.4. The van der Waals surface area contributed by atoms with Crippen LogP contribution in [0.15, 0.2) is 61.1 Å². The van der Waals surface area contributed by atoms with Gasteiger partial charge in [-0.2, -0.15) is 13.2 Å². The van der Waals surface area contributed by atoms with Gasteiger partial charge in [0.2, 0.25) is 5.91 Å². The number of amides is 1. The zero-order valence-corrected chi connectivity index (χ0v) is 20.1. The number of nitrogens with zero attached hydrogens (tertiary/aromatic N) is 2. The second kappa shape index (κ2) is 12.3. The molecule has 1 aromatic heterocycles. The van der Waals surface area contributed by atoms with Crippen molar-refractivity contribution in [2.24, 2.45) is 0 Å². The quantitative estimate of drug-likeness (QED) is 0.296. The van der Waals surface area contributed by atoms with E-state index in [4.69, 9.17) is 0 Å². The number of benzene rings is 1. The lowest BCUT2D eigenvalue weighted by Gasteiger charge is -2.17. The topological polar surface area (TPSA) is 57.3 Å². The molecule has 0 fully saturated rings. The molecule has 2 aromatic rings. The van der Waals surface area contributed by atoms with E-state index in [0.717, 1.165) is 0 Å². The molecule has 0 unspecified atom stereocenters. The van der Waals surface area contributed by atoms with E-state index in [2.05, 4.69) is 28.8 Å². The van der Waals surface area contributed by atoms with E-state index < -0.39 is 11.7 Å². The third-order valence-electron chi connectivity index (χ3n) is 5.19. The lowest BCUT2D eigenvalue weighted by Crippen LogP contribution is -2.24. The number of nitrogens with one attached hydrogen (secondary N) is 2. The van der Waals surface area contributed by atoms with Crippen LogP contribution >= 0.6 is 0 Å². The van der Waals surface area contributed by atoms with Gasteiger partial charge in [-0.15, -0.1) is 0 Å². The molecule has 0 radical (unpaired) electrons. The van der Waals surface area contributed by atoms with Crippen LogP contribution in [0, 0.1) is 0 Å². The Labute approximate surface area is 202 Å². The molecule has 0 aliphatic carbocycles. The molecule has 0 aliphatic rings. The number of pyridine rings is 1. The number of hydrogen-bond donors (Lipinski definition) is 2. The zero-order chi connectivity index (χ0) is 26.2. The van der Waals surface area contributed by atoms with Crippen LogP contribution in [0.3, 0.4) is 0 Å². The summed E-state index contributed by atoms with van der Waals surface area (Å²) in [6, 6.07) is 6.36. The summed E-state index contributed by atoms with van der Waals surface area (Å²) < 4.78 is 54.2. The molecule has 0 aliphatic heterocycles. The normalized spacial score (nSPS) is 12.4. The summed E-state index contributed by atoms with van der Waals surface area (Å²) in [6.07, 6.45) is -0.263. The first kappa shape index (κ1) is 27.8. The summed E-state index contributed by atoms with van der Waals surface area (Å²) in [5.41, 5.74) is -0.0271. The fourth-order valence-electron chi connectivity index (χ4n) is 3.13.